The second kappa shape index (κ2) is 11.3. The summed E-state index contributed by atoms with van der Waals surface area (Å²) in [5, 5.41) is 7.69. The highest BCUT2D eigenvalue weighted by molar-refractivity contribution is 5.95. The van der Waals surface area contributed by atoms with Gasteiger partial charge in [0.15, 0.2) is 5.82 Å². The molecule has 39 heavy (non-hydrogen) atoms. The Balaban J connectivity index is 1.32. The molecule has 0 unspecified atom stereocenters. The van der Waals surface area contributed by atoms with E-state index in [2.05, 4.69) is 36.5 Å². The number of ether oxygens (including phenoxy) is 3. The lowest BCUT2D eigenvalue weighted by molar-refractivity contribution is 0.122. The molecule has 2 saturated heterocycles. The number of morpholine rings is 1. The fraction of sp³-hybridized carbons (Fsp3) is 0.357. The van der Waals surface area contributed by atoms with Crippen LogP contribution in [0, 0.1) is 0 Å². The molecule has 202 valence electrons. The minimum Gasteiger partial charge on any atom is -0.495 e. The summed E-state index contributed by atoms with van der Waals surface area (Å²) in [6.07, 6.45) is 5.24. The summed E-state index contributed by atoms with van der Waals surface area (Å²) in [6, 6.07) is 9.98. The van der Waals surface area contributed by atoms with Crippen LogP contribution in [0.3, 0.4) is 0 Å². The number of fused-ring (bicyclic) bond motifs is 1. The topological polar surface area (TPSA) is 110 Å². The second-order valence-electron chi connectivity index (χ2n) is 9.38. The number of anilines is 4. The Kier molecular flexibility index (Phi) is 7.24. The third-order valence-corrected chi connectivity index (χ3v) is 7.01. The average Bonchev–Trinajstić information content (AvgIpc) is 3.01. The number of nitrogens with one attached hydrogen (secondary N) is 2. The van der Waals surface area contributed by atoms with E-state index in [-0.39, 0.29) is 0 Å². The summed E-state index contributed by atoms with van der Waals surface area (Å²) >= 11 is 0. The molecule has 0 bridgehead atoms. The largest absolute Gasteiger partial charge is 0.495 e. The van der Waals surface area contributed by atoms with Gasteiger partial charge in [0, 0.05) is 62.8 Å². The average molecular weight is 529 g/mol. The highest BCUT2D eigenvalue weighted by Crippen LogP contribution is 2.35. The molecule has 2 N–H and O–H groups in total. The van der Waals surface area contributed by atoms with Gasteiger partial charge in [0.25, 0.3) is 0 Å². The van der Waals surface area contributed by atoms with Gasteiger partial charge in [-0.1, -0.05) is 0 Å². The van der Waals surface area contributed by atoms with Crippen LogP contribution in [0.5, 0.6) is 11.5 Å². The van der Waals surface area contributed by atoms with E-state index in [1.165, 1.54) is 0 Å². The van der Waals surface area contributed by atoms with Crippen molar-refractivity contribution in [2.45, 2.75) is 0 Å². The molecule has 0 radical (unpaired) electrons. The van der Waals surface area contributed by atoms with Crippen LogP contribution in [0.2, 0.25) is 0 Å². The van der Waals surface area contributed by atoms with Gasteiger partial charge in [-0.05, 0) is 24.3 Å². The minimum absolute atomic E-state index is 0.608. The number of hydrogen-bond donors (Lipinski definition) is 2. The van der Waals surface area contributed by atoms with E-state index < -0.39 is 0 Å². The Hall–Kier alpha value is -4.22. The van der Waals surface area contributed by atoms with Crippen molar-refractivity contribution in [1.82, 2.24) is 25.3 Å². The Morgan fingerprint density at radius 2 is 1.72 bits per heavy atom. The van der Waals surface area contributed by atoms with Gasteiger partial charge in [0.1, 0.15) is 23.1 Å². The molecule has 0 aliphatic carbocycles. The number of benzene rings is 1. The minimum atomic E-state index is 0.608. The zero-order chi connectivity index (χ0) is 26.6. The van der Waals surface area contributed by atoms with Gasteiger partial charge in [0.2, 0.25) is 0 Å². The van der Waals surface area contributed by atoms with Crippen LogP contribution >= 0.6 is 0 Å². The molecule has 2 fully saturated rings. The Bertz CT molecular complexity index is 1450. The van der Waals surface area contributed by atoms with Crippen LogP contribution in [0.4, 0.5) is 23.0 Å². The molecule has 5 heterocycles. The second-order valence-corrected chi connectivity index (χ2v) is 9.38. The summed E-state index contributed by atoms with van der Waals surface area (Å²) in [5.74, 6) is 3.62. The molecule has 0 saturated carbocycles. The zero-order valence-electron chi connectivity index (χ0n) is 22.2. The normalized spacial score (nSPS) is 15.8. The number of methoxy groups -OCH3 is 2. The fourth-order valence-corrected chi connectivity index (χ4v) is 5.03. The van der Waals surface area contributed by atoms with Crippen LogP contribution in [-0.2, 0) is 4.74 Å². The Labute approximate surface area is 227 Å². The van der Waals surface area contributed by atoms with Gasteiger partial charge in [-0.15, -0.1) is 0 Å². The summed E-state index contributed by atoms with van der Waals surface area (Å²) < 4.78 is 16.8. The quantitative estimate of drug-likeness (QED) is 0.369. The predicted octanol–water partition coefficient (Wildman–Crippen LogP) is 3.09. The van der Waals surface area contributed by atoms with Crippen LogP contribution in [0.15, 0.2) is 48.9 Å². The van der Waals surface area contributed by atoms with Crippen LogP contribution in [-0.4, -0.2) is 86.6 Å². The first-order chi connectivity index (χ1) is 19.2. The highest BCUT2D eigenvalue weighted by Gasteiger charge is 2.21. The van der Waals surface area contributed by atoms with E-state index in [4.69, 9.17) is 24.2 Å². The van der Waals surface area contributed by atoms with Gasteiger partial charge < -0.3 is 34.6 Å². The summed E-state index contributed by atoms with van der Waals surface area (Å²) in [6.45, 7) is 6.61. The van der Waals surface area contributed by atoms with Gasteiger partial charge >= 0.3 is 0 Å². The van der Waals surface area contributed by atoms with E-state index in [0.717, 1.165) is 91.9 Å². The third-order valence-electron chi connectivity index (χ3n) is 7.01. The molecule has 0 amide bonds. The Morgan fingerprint density at radius 1 is 0.897 bits per heavy atom. The van der Waals surface area contributed by atoms with Gasteiger partial charge in [-0.25, -0.2) is 15.0 Å². The third kappa shape index (κ3) is 5.23. The fourth-order valence-electron chi connectivity index (χ4n) is 5.03. The molecule has 11 heteroatoms. The number of rotatable bonds is 7. The maximum atomic E-state index is 5.71. The molecule has 2 aliphatic heterocycles. The van der Waals surface area contributed by atoms with Crippen molar-refractivity contribution in [1.29, 1.82) is 0 Å². The standard InChI is InChI=1S/C28H32N8O3/c1-37-23-16-20(3-4-22(23)35-11-13-39-14-12-35)32-25-15-19(5-6-31-25)27-33-21-17-30-18-24(38-2)26(21)28(34-27)36-9-7-29-8-10-36/h3-6,15-18,29H,7-14H2,1-2H3,(H,31,32). The lowest BCUT2D eigenvalue weighted by Gasteiger charge is -2.30. The van der Waals surface area contributed by atoms with E-state index in [9.17, 15) is 0 Å². The van der Waals surface area contributed by atoms with Crippen molar-refractivity contribution in [3.05, 3.63) is 48.9 Å². The van der Waals surface area contributed by atoms with E-state index in [0.29, 0.717) is 17.4 Å². The zero-order valence-corrected chi connectivity index (χ0v) is 22.2. The maximum absolute atomic E-state index is 5.71. The monoisotopic (exact) mass is 528 g/mol. The summed E-state index contributed by atoms with van der Waals surface area (Å²) in [7, 11) is 3.34. The highest BCUT2D eigenvalue weighted by atomic mass is 16.5. The molecular formula is C28H32N8O3. The molecule has 11 nitrogen and oxygen atoms in total. The predicted molar refractivity (Wildman–Crippen MR) is 152 cm³/mol. The Morgan fingerprint density at radius 3 is 2.51 bits per heavy atom. The first-order valence-electron chi connectivity index (χ1n) is 13.1. The van der Waals surface area contributed by atoms with Crippen LogP contribution in [0.1, 0.15) is 0 Å². The van der Waals surface area contributed by atoms with E-state index in [1.807, 2.05) is 24.3 Å². The number of aromatic nitrogens is 4. The first kappa shape index (κ1) is 25.1. The maximum Gasteiger partial charge on any atom is 0.162 e. The smallest absolute Gasteiger partial charge is 0.162 e. The number of pyridine rings is 2. The molecule has 4 aromatic rings. The first-order valence-corrected chi connectivity index (χ1v) is 13.1. The van der Waals surface area contributed by atoms with Crippen molar-refractivity contribution in [2.75, 3.05) is 81.8 Å². The van der Waals surface area contributed by atoms with E-state index in [1.54, 1.807) is 32.8 Å². The number of nitrogens with zero attached hydrogens (tertiary/aromatic N) is 6. The van der Waals surface area contributed by atoms with Crippen molar-refractivity contribution in [3.8, 4) is 22.9 Å². The SMILES string of the molecule is COc1cc(Nc2cc(-c3nc(N4CCNCC4)c4c(OC)cncc4n3)ccn2)ccc1N1CCOCC1. The summed E-state index contributed by atoms with van der Waals surface area (Å²) in [4.78, 5) is 23.3. The molecule has 6 rings (SSSR count). The van der Waals surface area contributed by atoms with Crippen molar-refractivity contribution >= 4 is 33.9 Å². The molecular weight excluding hydrogens is 496 g/mol. The lowest BCUT2D eigenvalue weighted by atomic mass is 10.2. The van der Waals surface area contributed by atoms with E-state index >= 15 is 0 Å². The van der Waals surface area contributed by atoms with Crippen LogP contribution < -0.4 is 29.9 Å². The lowest BCUT2D eigenvalue weighted by Crippen LogP contribution is -2.44. The van der Waals surface area contributed by atoms with Crippen LogP contribution in [0.25, 0.3) is 22.3 Å². The van der Waals surface area contributed by atoms with Crippen molar-refractivity contribution in [2.24, 2.45) is 0 Å². The molecule has 0 atom stereocenters. The van der Waals surface area contributed by atoms with Crippen molar-refractivity contribution < 1.29 is 14.2 Å². The van der Waals surface area contributed by atoms with Crippen molar-refractivity contribution in [3.63, 3.8) is 0 Å². The van der Waals surface area contributed by atoms with Gasteiger partial charge in [-0.3, -0.25) is 4.98 Å². The van der Waals surface area contributed by atoms with Gasteiger partial charge in [-0.2, -0.15) is 0 Å². The molecule has 2 aliphatic rings. The van der Waals surface area contributed by atoms with Gasteiger partial charge in [0.05, 0.1) is 56.4 Å². The molecule has 1 aromatic carbocycles. The number of hydrogen-bond acceptors (Lipinski definition) is 11. The molecule has 3 aromatic heterocycles. The number of piperazine rings is 1. The molecule has 0 spiro atoms. The summed E-state index contributed by atoms with van der Waals surface area (Å²) in [5.41, 5.74) is 3.53.